The standard InChI is InChI=1S/C20H18ClFN2O/c1-13(2)17-8-5-15(9-19(17)22)18-10-23-12-24(20(18)25)11-14-3-6-16(21)7-4-14/h3-10,12-13H,11H2,1-2H3. The van der Waals surface area contributed by atoms with Gasteiger partial charge in [0.25, 0.3) is 5.56 Å². The maximum atomic E-state index is 14.3. The molecule has 1 aromatic heterocycles. The minimum absolute atomic E-state index is 0.0875. The Labute approximate surface area is 150 Å². The lowest BCUT2D eigenvalue weighted by Crippen LogP contribution is -2.22. The highest BCUT2D eigenvalue weighted by Crippen LogP contribution is 2.23. The number of aromatic nitrogens is 2. The molecule has 1 heterocycles. The Balaban J connectivity index is 1.97. The van der Waals surface area contributed by atoms with E-state index in [1.54, 1.807) is 24.3 Å². The number of halogens is 2. The molecule has 0 radical (unpaired) electrons. The summed E-state index contributed by atoms with van der Waals surface area (Å²) >= 11 is 5.88. The number of hydrogen-bond donors (Lipinski definition) is 0. The van der Waals surface area contributed by atoms with Crippen molar-refractivity contribution in [3.63, 3.8) is 0 Å². The van der Waals surface area contributed by atoms with Crippen LogP contribution in [0, 0.1) is 5.82 Å². The van der Waals surface area contributed by atoms with Crippen molar-refractivity contribution in [3.8, 4) is 11.1 Å². The average Bonchev–Trinajstić information content (AvgIpc) is 2.58. The maximum Gasteiger partial charge on any atom is 0.261 e. The molecule has 0 spiro atoms. The summed E-state index contributed by atoms with van der Waals surface area (Å²) in [6, 6.07) is 12.2. The normalized spacial score (nSPS) is 11.1. The number of nitrogens with zero attached hydrogens (tertiary/aromatic N) is 2. The van der Waals surface area contributed by atoms with Crippen molar-refractivity contribution in [2.75, 3.05) is 0 Å². The Morgan fingerprint density at radius 2 is 1.88 bits per heavy atom. The van der Waals surface area contributed by atoms with E-state index in [-0.39, 0.29) is 17.3 Å². The zero-order valence-corrected chi connectivity index (χ0v) is 14.8. The lowest BCUT2D eigenvalue weighted by molar-refractivity contribution is 0.599. The third kappa shape index (κ3) is 3.80. The molecule has 3 nitrogen and oxygen atoms in total. The molecule has 0 atom stereocenters. The minimum atomic E-state index is -0.306. The van der Waals surface area contributed by atoms with Crippen LogP contribution in [-0.4, -0.2) is 9.55 Å². The van der Waals surface area contributed by atoms with Crippen LogP contribution in [0.4, 0.5) is 4.39 Å². The Kier molecular flexibility index (Phi) is 5.00. The molecule has 3 rings (SSSR count). The largest absolute Gasteiger partial charge is 0.294 e. The van der Waals surface area contributed by atoms with Crippen LogP contribution in [0.3, 0.4) is 0 Å². The summed E-state index contributed by atoms with van der Waals surface area (Å²) in [6.07, 6.45) is 2.96. The summed E-state index contributed by atoms with van der Waals surface area (Å²) < 4.78 is 15.8. The molecule has 2 aromatic carbocycles. The van der Waals surface area contributed by atoms with Crippen molar-refractivity contribution in [2.24, 2.45) is 0 Å². The van der Waals surface area contributed by atoms with Crippen molar-refractivity contribution in [2.45, 2.75) is 26.3 Å². The highest BCUT2D eigenvalue weighted by Gasteiger charge is 2.12. The van der Waals surface area contributed by atoms with Gasteiger partial charge in [-0.25, -0.2) is 9.37 Å². The van der Waals surface area contributed by atoms with Crippen molar-refractivity contribution in [1.82, 2.24) is 9.55 Å². The van der Waals surface area contributed by atoms with Gasteiger partial charge in [-0.15, -0.1) is 0 Å². The van der Waals surface area contributed by atoms with E-state index in [9.17, 15) is 9.18 Å². The molecule has 0 N–H and O–H groups in total. The molecular weight excluding hydrogens is 339 g/mol. The molecule has 0 aliphatic carbocycles. The first-order chi connectivity index (χ1) is 12.0. The highest BCUT2D eigenvalue weighted by molar-refractivity contribution is 6.30. The van der Waals surface area contributed by atoms with Crippen LogP contribution in [0.5, 0.6) is 0 Å². The lowest BCUT2D eigenvalue weighted by atomic mass is 9.99. The van der Waals surface area contributed by atoms with Crippen LogP contribution in [0.15, 0.2) is 59.8 Å². The third-order valence-corrected chi connectivity index (χ3v) is 4.35. The smallest absolute Gasteiger partial charge is 0.261 e. The van der Waals surface area contributed by atoms with Crippen LogP contribution >= 0.6 is 11.6 Å². The molecule has 0 amide bonds. The topological polar surface area (TPSA) is 34.9 Å². The van der Waals surface area contributed by atoms with E-state index in [0.717, 1.165) is 5.56 Å². The molecule has 0 aliphatic rings. The van der Waals surface area contributed by atoms with Gasteiger partial charge >= 0.3 is 0 Å². The fourth-order valence-electron chi connectivity index (χ4n) is 2.71. The molecule has 0 saturated heterocycles. The van der Waals surface area contributed by atoms with Gasteiger partial charge in [0.2, 0.25) is 0 Å². The molecule has 128 valence electrons. The van der Waals surface area contributed by atoms with E-state index < -0.39 is 0 Å². The van der Waals surface area contributed by atoms with Gasteiger partial charge in [0.05, 0.1) is 18.4 Å². The Hall–Kier alpha value is -2.46. The van der Waals surface area contributed by atoms with E-state index in [1.807, 2.05) is 26.0 Å². The van der Waals surface area contributed by atoms with Gasteiger partial charge < -0.3 is 0 Å². The van der Waals surface area contributed by atoms with E-state index in [4.69, 9.17) is 11.6 Å². The average molecular weight is 357 g/mol. The van der Waals surface area contributed by atoms with Crippen LogP contribution in [0.2, 0.25) is 5.02 Å². The zero-order chi connectivity index (χ0) is 18.0. The Morgan fingerprint density at radius 3 is 2.52 bits per heavy atom. The maximum absolute atomic E-state index is 14.3. The van der Waals surface area contributed by atoms with Crippen molar-refractivity contribution >= 4 is 11.6 Å². The van der Waals surface area contributed by atoms with Gasteiger partial charge in [-0.3, -0.25) is 9.36 Å². The summed E-state index contributed by atoms with van der Waals surface area (Å²) in [5, 5.41) is 0.642. The third-order valence-electron chi connectivity index (χ3n) is 4.10. The van der Waals surface area contributed by atoms with E-state index in [1.165, 1.54) is 23.2 Å². The number of hydrogen-bond acceptors (Lipinski definition) is 2. The predicted octanol–water partition coefficient (Wildman–Crippen LogP) is 4.87. The fraction of sp³-hybridized carbons (Fsp3) is 0.200. The van der Waals surface area contributed by atoms with Gasteiger partial charge in [0.1, 0.15) is 5.82 Å². The first-order valence-electron chi connectivity index (χ1n) is 8.04. The molecule has 0 fully saturated rings. The molecule has 0 unspecified atom stereocenters. The van der Waals surface area contributed by atoms with E-state index in [0.29, 0.717) is 28.3 Å². The summed E-state index contributed by atoms with van der Waals surface area (Å²) in [5.74, 6) is -0.218. The SMILES string of the molecule is CC(C)c1ccc(-c2cncn(Cc3ccc(Cl)cc3)c2=O)cc1F. The summed E-state index contributed by atoms with van der Waals surface area (Å²) in [5.41, 5.74) is 2.28. The van der Waals surface area contributed by atoms with Crippen LogP contribution in [0.25, 0.3) is 11.1 Å². The summed E-state index contributed by atoms with van der Waals surface area (Å²) in [4.78, 5) is 16.9. The van der Waals surface area contributed by atoms with Gasteiger partial charge in [0, 0.05) is 11.2 Å². The van der Waals surface area contributed by atoms with E-state index in [2.05, 4.69) is 4.98 Å². The number of benzene rings is 2. The molecule has 0 aliphatic heterocycles. The van der Waals surface area contributed by atoms with Gasteiger partial charge in [-0.2, -0.15) is 0 Å². The van der Waals surface area contributed by atoms with Crippen molar-refractivity contribution in [1.29, 1.82) is 0 Å². The molecular formula is C20H18ClFN2O. The van der Waals surface area contributed by atoms with Crippen LogP contribution in [-0.2, 0) is 6.54 Å². The van der Waals surface area contributed by atoms with Gasteiger partial charge in [0.15, 0.2) is 0 Å². The molecule has 3 aromatic rings. The first kappa shape index (κ1) is 17.4. The quantitative estimate of drug-likeness (QED) is 0.668. The fourth-order valence-corrected chi connectivity index (χ4v) is 2.84. The first-order valence-corrected chi connectivity index (χ1v) is 8.42. The molecule has 0 saturated carbocycles. The van der Waals surface area contributed by atoms with Gasteiger partial charge in [-0.05, 0) is 40.8 Å². The van der Waals surface area contributed by atoms with E-state index >= 15 is 0 Å². The van der Waals surface area contributed by atoms with Crippen LogP contribution in [0.1, 0.15) is 30.9 Å². The summed E-state index contributed by atoms with van der Waals surface area (Å²) in [6.45, 7) is 4.24. The molecule has 0 bridgehead atoms. The zero-order valence-electron chi connectivity index (χ0n) is 14.0. The second-order valence-corrected chi connectivity index (χ2v) is 6.69. The van der Waals surface area contributed by atoms with Crippen LogP contribution < -0.4 is 5.56 Å². The second kappa shape index (κ2) is 7.19. The second-order valence-electron chi connectivity index (χ2n) is 6.26. The monoisotopic (exact) mass is 356 g/mol. The summed E-state index contributed by atoms with van der Waals surface area (Å²) in [7, 11) is 0. The Morgan fingerprint density at radius 1 is 1.16 bits per heavy atom. The van der Waals surface area contributed by atoms with Gasteiger partial charge in [-0.1, -0.05) is 49.7 Å². The molecule has 25 heavy (non-hydrogen) atoms. The minimum Gasteiger partial charge on any atom is -0.294 e. The molecule has 5 heteroatoms. The van der Waals surface area contributed by atoms with Crippen molar-refractivity contribution < 1.29 is 4.39 Å². The van der Waals surface area contributed by atoms with Crippen molar-refractivity contribution in [3.05, 3.63) is 87.3 Å². The highest BCUT2D eigenvalue weighted by atomic mass is 35.5. The lowest BCUT2D eigenvalue weighted by Gasteiger charge is -2.10. The number of rotatable bonds is 4. The Bertz CT molecular complexity index is 949. The predicted molar refractivity (Wildman–Crippen MR) is 98.5 cm³/mol.